The van der Waals surface area contributed by atoms with Crippen molar-refractivity contribution in [2.45, 2.75) is 37.6 Å². The molecular weight excluding hydrogens is 362 g/mol. The number of fused-ring (bicyclic) bond motifs is 1. The molecule has 0 unspecified atom stereocenters. The number of sulfone groups is 1. The number of aliphatic carboxylic acids is 1. The predicted molar refractivity (Wildman–Crippen MR) is 93.1 cm³/mol. The quantitative estimate of drug-likeness (QED) is 0.691. The van der Waals surface area contributed by atoms with Gasteiger partial charge in [-0.2, -0.15) is 0 Å². The van der Waals surface area contributed by atoms with E-state index in [1.165, 1.54) is 18.2 Å². The number of ether oxygens (including phenoxy) is 2. The topological polar surface area (TPSA) is 119 Å². The van der Waals surface area contributed by atoms with Crippen molar-refractivity contribution in [2.24, 2.45) is 5.92 Å². The minimum Gasteiger partial charge on any atom is -0.486 e. The Bertz CT molecular complexity index is 775. The summed E-state index contributed by atoms with van der Waals surface area (Å²) in [6.45, 7) is 4.27. The molecule has 8 nitrogen and oxygen atoms in total. The van der Waals surface area contributed by atoms with Crippen LogP contribution in [-0.4, -0.2) is 50.4 Å². The van der Waals surface area contributed by atoms with Gasteiger partial charge in [-0.25, -0.2) is 13.2 Å². The number of hydrogen-bond donors (Lipinski definition) is 2. The molecule has 2 rings (SSSR count). The van der Waals surface area contributed by atoms with Crippen LogP contribution in [0.2, 0.25) is 0 Å². The van der Waals surface area contributed by atoms with Crippen LogP contribution >= 0.6 is 0 Å². The molecule has 144 valence electrons. The molecule has 1 aromatic carbocycles. The van der Waals surface area contributed by atoms with Gasteiger partial charge in [0.2, 0.25) is 5.91 Å². The van der Waals surface area contributed by atoms with Crippen LogP contribution in [0.1, 0.15) is 26.7 Å². The fraction of sp³-hybridized carbons (Fsp3) is 0.529. The molecule has 1 aliphatic rings. The van der Waals surface area contributed by atoms with Crippen LogP contribution in [-0.2, 0) is 19.4 Å². The molecule has 2 atom stereocenters. The van der Waals surface area contributed by atoms with Gasteiger partial charge in [0.25, 0.3) is 0 Å². The first-order chi connectivity index (χ1) is 12.2. The summed E-state index contributed by atoms with van der Waals surface area (Å²) in [5.74, 6) is -1.60. The van der Waals surface area contributed by atoms with Gasteiger partial charge in [0, 0.05) is 12.5 Å². The van der Waals surface area contributed by atoms with E-state index in [1.807, 2.05) is 6.92 Å². The number of carbonyl (C=O) groups is 2. The van der Waals surface area contributed by atoms with Crippen LogP contribution in [0.15, 0.2) is 23.1 Å². The lowest BCUT2D eigenvalue weighted by Crippen LogP contribution is -2.45. The van der Waals surface area contributed by atoms with Crippen molar-refractivity contribution in [3.63, 3.8) is 0 Å². The molecule has 0 aliphatic carbocycles. The van der Waals surface area contributed by atoms with Crippen molar-refractivity contribution < 1.29 is 32.6 Å². The Morgan fingerprint density at radius 2 is 1.88 bits per heavy atom. The smallest absolute Gasteiger partial charge is 0.326 e. The Morgan fingerprint density at radius 1 is 1.23 bits per heavy atom. The Labute approximate surface area is 152 Å². The van der Waals surface area contributed by atoms with Crippen LogP contribution in [0.4, 0.5) is 0 Å². The number of amides is 1. The zero-order valence-electron chi connectivity index (χ0n) is 14.7. The summed E-state index contributed by atoms with van der Waals surface area (Å²) in [4.78, 5) is 23.3. The van der Waals surface area contributed by atoms with E-state index >= 15 is 0 Å². The summed E-state index contributed by atoms with van der Waals surface area (Å²) in [6.07, 6.45) is 0.254. The zero-order chi connectivity index (χ0) is 19.3. The van der Waals surface area contributed by atoms with Gasteiger partial charge in [-0.3, -0.25) is 4.79 Å². The second-order valence-electron chi connectivity index (χ2n) is 6.14. The third-order valence-corrected chi connectivity index (χ3v) is 5.98. The molecule has 1 heterocycles. The van der Waals surface area contributed by atoms with E-state index in [1.54, 1.807) is 6.92 Å². The highest BCUT2D eigenvalue weighted by molar-refractivity contribution is 7.91. The number of carboxylic acids is 1. The summed E-state index contributed by atoms with van der Waals surface area (Å²) in [5.41, 5.74) is 0. The summed E-state index contributed by atoms with van der Waals surface area (Å²) >= 11 is 0. The van der Waals surface area contributed by atoms with E-state index in [-0.39, 0.29) is 17.2 Å². The zero-order valence-corrected chi connectivity index (χ0v) is 15.5. The second kappa shape index (κ2) is 8.39. The minimum absolute atomic E-state index is 0.0336. The second-order valence-corrected chi connectivity index (χ2v) is 8.25. The average Bonchev–Trinajstić information content (AvgIpc) is 2.63. The highest BCUT2D eigenvalue weighted by Crippen LogP contribution is 2.32. The van der Waals surface area contributed by atoms with Crippen molar-refractivity contribution in [1.29, 1.82) is 0 Å². The average molecular weight is 385 g/mol. The molecule has 1 aromatic rings. The Hall–Kier alpha value is -2.29. The van der Waals surface area contributed by atoms with Crippen LogP contribution in [0.25, 0.3) is 0 Å². The van der Waals surface area contributed by atoms with Crippen molar-refractivity contribution in [2.75, 3.05) is 19.0 Å². The van der Waals surface area contributed by atoms with Gasteiger partial charge in [0.15, 0.2) is 21.3 Å². The Balaban J connectivity index is 2.01. The standard InChI is InChI=1S/C17H23NO7S/c1-3-11(2)16(17(20)21)18-15(19)6-9-26(22,23)12-4-5-13-14(10-12)25-8-7-24-13/h4-5,10-11,16H,3,6-9H2,1-2H3,(H,18,19)(H,20,21)/t11-,16-/m0/s1. The normalized spacial score (nSPS) is 15.8. The fourth-order valence-electron chi connectivity index (χ4n) is 2.49. The van der Waals surface area contributed by atoms with Gasteiger partial charge in [-0.15, -0.1) is 0 Å². The maximum atomic E-state index is 12.4. The lowest BCUT2D eigenvalue weighted by Gasteiger charge is -2.20. The molecule has 0 bridgehead atoms. The molecule has 0 aromatic heterocycles. The van der Waals surface area contributed by atoms with Gasteiger partial charge in [-0.1, -0.05) is 20.3 Å². The van der Waals surface area contributed by atoms with E-state index in [4.69, 9.17) is 9.47 Å². The van der Waals surface area contributed by atoms with Crippen molar-refractivity contribution in [3.8, 4) is 11.5 Å². The molecule has 9 heteroatoms. The van der Waals surface area contributed by atoms with Gasteiger partial charge < -0.3 is 19.9 Å². The number of carbonyl (C=O) groups excluding carboxylic acids is 1. The number of rotatable bonds is 8. The SMILES string of the molecule is CC[C@H](C)[C@H](NC(=O)CCS(=O)(=O)c1ccc2c(c1)OCCO2)C(=O)O. The van der Waals surface area contributed by atoms with Crippen LogP contribution in [0, 0.1) is 5.92 Å². The molecule has 0 spiro atoms. The lowest BCUT2D eigenvalue weighted by atomic mass is 9.99. The van der Waals surface area contributed by atoms with E-state index in [2.05, 4.69) is 5.32 Å². The highest BCUT2D eigenvalue weighted by atomic mass is 32.2. The summed E-state index contributed by atoms with van der Waals surface area (Å²) < 4.78 is 35.6. The molecule has 0 saturated heterocycles. The molecule has 0 saturated carbocycles. The van der Waals surface area contributed by atoms with Gasteiger partial charge >= 0.3 is 5.97 Å². The molecular formula is C17H23NO7S. The summed E-state index contributed by atoms with van der Waals surface area (Å²) in [6, 6.07) is 3.26. The first kappa shape index (κ1) is 20.0. The summed E-state index contributed by atoms with van der Waals surface area (Å²) in [7, 11) is -3.71. The van der Waals surface area contributed by atoms with Crippen LogP contribution < -0.4 is 14.8 Å². The molecule has 1 amide bonds. The van der Waals surface area contributed by atoms with Gasteiger partial charge in [0.05, 0.1) is 10.6 Å². The van der Waals surface area contributed by atoms with E-state index in [0.717, 1.165) is 0 Å². The fourth-order valence-corrected chi connectivity index (χ4v) is 3.74. The van der Waals surface area contributed by atoms with E-state index < -0.39 is 33.5 Å². The van der Waals surface area contributed by atoms with Crippen LogP contribution in [0.5, 0.6) is 11.5 Å². The van der Waals surface area contributed by atoms with Gasteiger partial charge in [0.1, 0.15) is 19.3 Å². The number of benzene rings is 1. The Kier molecular flexibility index (Phi) is 6.47. The third kappa shape index (κ3) is 4.87. The molecule has 1 aliphatic heterocycles. The predicted octanol–water partition coefficient (Wildman–Crippen LogP) is 1.24. The third-order valence-electron chi connectivity index (χ3n) is 4.27. The van der Waals surface area contributed by atoms with Crippen molar-refractivity contribution in [3.05, 3.63) is 18.2 Å². The number of hydrogen-bond acceptors (Lipinski definition) is 6. The lowest BCUT2D eigenvalue weighted by molar-refractivity contribution is -0.143. The van der Waals surface area contributed by atoms with E-state index in [9.17, 15) is 23.1 Å². The maximum absolute atomic E-state index is 12.4. The first-order valence-electron chi connectivity index (χ1n) is 8.39. The minimum atomic E-state index is -3.71. The molecule has 0 fully saturated rings. The van der Waals surface area contributed by atoms with Crippen LogP contribution in [0.3, 0.4) is 0 Å². The maximum Gasteiger partial charge on any atom is 0.326 e. The molecule has 26 heavy (non-hydrogen) atoms. The number of nitrogens with one attached hydrogen (secondary N) is 1. The monoisotopic (exact) mass is 385 g/mol. The van der Waals surface area contributed by atoms with Gasteiger partial charge in [-0.05, 0) is 18.1 Å². The highest BCUT2D eigenvalue weighted by Gasteiger charge is 2.26. The summed E-state index contributed by atoms with van der Waals surface area (Å²) in [5, 5.41) is 11.6. The van der Waals surface area contributed by atoms with Crippen molar-refractivity contribution in [1.82, 2.24) is 5.32 Å². The number of carboxylic acid groups (broad SMARTS) is 1. The molecule has 2 N–H and O–H groups in total. The first-order valence-corrected chi connectivity index (χ1v) is 10.0. The van der Waals surface area contributed by atoms with Crippen molar-refractivity contribution >= 4 is 21.7 Å². The largest absolute Gasteiger partial charge is 0.486 e. The van der Waals surface area contributed by atoms with E-state index in [0.29, 0.717) is 31.1 Å². The molecule has 0 radical (unpaired) electrons. The Morgan fingerprint density at radius 3 is 2.50 bits per heavy atom.